The van der Waals surface area contributed by atoms with E-state index in [-0.39, 0.29) is 0 Å². The van der Waals surface area contributed by atoms with Crippen LogP contribution in [0.25, 0.3) is 85.5 Å². The van der Waals surface area contributed by atoms with E-state index in [9.17, 15) is 0 Å². The summed E-state index contributed by atoms with van der Waals surface area (Å²) in [6, 6.07) is 73.6. The molecule has 1 heterocycles. The number of thiophene rings is 1. The molecule has 1 nitrogen and oxygen atoms in total. The summed E-state index contributed by atoms with van der Waals surface area (Å²) in [5.41, 5.74) is 8.26. The summed E-state index contributed by atoms with van der Waals surface area (Å²) < 4.78 is 2.65. The maximum atomic E-state index is 2.39. The highest BCUT2D eigenvalue weighted by Gasteiger charge is 2.16. The van der Waals surface area contributed by atoms with Gasteiger partial charge in [0.1, 0.15) is 0 Å². The topological polar surface area (TPSA) is 3.24 Å². The van der Waals surface area contributed by atoms with E-state index < -0.39 is 0 Å². The number of nitrogens with zero attached hydrogens (tertiary/aromatic N) is 1. The largest absolute Gasteiger partial charge is 0.310 e. The summed E-state index contributed by atoms with van der Waals surface area (Å²) in [7, 11) is 0. The Hall–Kier alpha value is -6.74. The second-order valence-corrected chi connectivity index (χ2v) is 15.2. The van der Waals surface area contributed by atoms with Gasteiger partial charge in [-0.05, 0) is 120 Å². The van der Waals surface area contributed by atoms with Crippen LogP contribution in [0.4, 0.5) is 17.1 Å². The van der Waals surface area contributed by atoms with Crippen molar-refractivity contribution in [1.82, 2.24) is 0 Å². The number of fused-ring (bicyclic) bond motifs is 9. The predicted octanol–water partition coefficient (Wildman–Crippen LogP) is 15.5. The van der Waals surface area contributed by atoms with Gasteiger partial charge in [-0.1, -0.05) is 146 Å². The lowest BCUT2D eigenvalue weighted by Crippen LogP contribution is -2.09. The second-order valence-electron chi connectivity index (χ2n) is 14.1. The molecule has 11 aromatic rings. The zero-order valence-corrected chi connectivity index (χ0v) is 30.2. The highest BCUT2D eigenvalue weighted by atomic mass is 32.1. The molecule has 0 fully saturated rings. The van der Waals surface area contributed by atoms with Gasteiger partial charge in [0.25, 0.3) is 0 Å². The SMILES string of the molecule is c1ccc2c(c1)ccc1cc(-c3ccc(N(c4ccc(-c5cccc6sc7ccccc7c56)cc4)c4ccc5ccc6ccccc6c5c4)cc3)ccc12. The van der Waals surface area contributed by atoms with Crippen LogP contribution in [0.15, 0.2) is 200 Å². The molecule has 0 aliphatic carbocycles. The van der Waals surface area contributed by atoms with Crippen molar-refractivity contribution in [2.24, 2.45) is 0 Å². The van der Waals surface area contributed by atoms with Crippen molar-refractivity contribution in [2.75, 3.05) is 4.90 Å². The summed E-state index contributed by atoms with van der Waals surface area (Å²) >= 11 is 1.87. The van der Waals surface area contributed by atoms with Gasteiger partial charge in [0.15, 0.2) is 0 Å². The molecule has 0 aliphatic rings. The Labute approximate surface area is 317 Å². The molecule has 0 amide bonds. The molecule has 1 aromatic heterocycles. The van der Waals surface area contributed by atoms with E-state index in [1.165, 1.54) is 85.5 Å². The smallest absolute Gasteiger partial charge is 0.0468 e. The number of benzene rings is 10. The molecule has 11 rings (SSSR count). The average Bonchev–Trinajstić information content (AvgIpc) is 3.63. The summed E-state index contributed by atoms with van der Waals surface area (Å²) in [4.78, 5) is 2.39. The van der Waals surface area contributed by atoms with Crippen LogP contribution < -0.4 is 4.90 Å². The van der Waals surface area contributed by atoms with Crippen molar-refractivity contribution in [1.29, 1.82) is 0 Å². The van der Waals surface area contributed by atoms with Crippen molar-refractivity contribution < 1.29 is 0 Å². The normalized spacial score (nSPS) is 11.7. The lowest BCUT2D eigenvalue weighted by atomic mass is 9.97. The van der Waals surface area contributed by atoms with Gasteiger partial charge in [0.05, 0.1) is 0 Å². The predicted molar refractivity (Wildman–Crippen MR) is 235 cm³/mol. The van der Waals surface area contributed by atoms with E-state index in [0.717, 1.165) is 17.1 Å². The van der Waals surface area contributed by atoms with Crippen molar-refractivity contribution in [3.05, 3.63) is 200 Å². The van der Waals surface area contributed by atoms with E-state index in [0.29, 0.717) is 0 Å². The standard InChI is InChI=1S/C52H33NS/c1-3-10-44-35(8-1)18-19-40-32-39(25-31-46(40)44)34-20-26-41(27-21-34)53(43-30-24-38-17-16-36-9-2-4-11-45(36)49(38)33-43)42-28-22-37(23-29-42)47-13-7-15-51-52(47)48-12-5-6-14-50(48)54-51/h1-33H. The first-order chi connectivity index (χ1) is 26.7. The first kappa shape index (κ1) is 30.8. The van der Waals surface area contributed by atoms with Crippen LogP contribution in [0.3, 0.4) is 0 Å². The third-order valence-electron chi connectivity index (χ3n) is 11.0. The lowest BCUT2D eigenvalue weighted by Gasteiger charge is -2.26. The highest BCUT2D eigenvalue weighted by molar-refractivity contribution is 7.25. The molecule has 0 atom stereocenters. The monoisotopic (exact) mass is 703 g/mol. The molecule has 0 spiro atoms. The molecule has 0 saturated carbocycles. The van der Waals surface area contributed by atoms with Crippen molar-refractivity contribution in [2.45, 2.75) is 0 Å². The van der Waals surface area contributed by atoms with E-state index >= 15 is 0 Å². The minimum Gasteiger partial charge on any atom is -0.310 e. The Morgan fingerprint density at radius 3 is 1.56 bits per heavy atom. The molecule has 2 heteroatoms. The fraction of sp³-hybridized carbons (Fsp3) is 0. The van der Waals surface area contributed by atoms with E-state index in [1.54, 1.807) is 0 Å². The Morgan fingerprint density at radius 2 is 0.815 bits per heavy atom. The van der Waals surface area contributed by atoms with Gasteiger partial charge < -0.3 is 4.90 Å². The molecule has 252 valence electrons. The van der Waals surface area contributed by atoms with Crippen molar-refractivity contribution in [3.63, 3.8) is 0 Å². The molecule has 0 aliphatic heterocycles. The van der Waals surface area contributed by atoms with Crippen LogP contribution in [0.1, 0.15) is 0 Å². The third kappa shape index (κ3) is 5.07. The Morgan fingerprint density at radius 1 is 0.296 bits per heavy atom. The molecule has 10 aromatic carbocycles. The molecule has 0 N–H and O–H groups in total. The molecule has 0 radical (unpaired) electrons. The fourth-order valence-electron chi connectivity index (χ4n) is 8.38. The zero-order valence-electron chi connectivity index (χ0n) is 29.4. The average molecular weight is 704 g/mol. The summed E-state index contributed by atoms with van der Waals surface area (Å²) in [5.74, 6) is 0. The number of anilines is 3. The quantitative estimate of drug-likeness (QED) is 0.161. The minimum atomic E-state index is 1.11. The van der Waals surface area contributed by atoms with Crippen molar-refractivity contribution in [3.8, 4) is 22.3 Å². The number of rotatable bonds is 5. The number of hydrogen-bond donors (Lipinski definition) is 0. The van der Waals surface area contributed by atoms with E-state index in [4.69, 9.17) is 0 Å². The molecular weight excluding hydrogens is 671 g/mol. The summed E-state index contributed by atoms with van der Waals surface area (Å²) in [5, 5.41) is 12.8. The van der Waals surface area contributed by atoms with Gasteiger partial charge in [-0.25, -0.2) is 0 Å². The van der Waals surface area contributed by atoms with Gasteiger partial charge in [-0.15, -0.1) is 11.3 Å². The Balaban J connectivity index is 1.03. The van der Waals surface area contributed by atoms with Gasteiger partial charge >= 0.3 is 0 Å². The third-order valence-corrected chi connectivity index (χ3v) is 12.2. The molecular formula is C52H33NS. The van der Waals surface area contributed by atoms with Crippen LogP contribution in [0.5, 0.6) is 0 Å². The van der Waals surface area contributed by atoms with Crippen molar-refractivity contribution >= 4 is 91.7 Å². The van der Waals surface area contributed by atoms with Crippen LogP contribution in [-0.4, -0.2) is 0 Å². The van der Waals surface area contributed by atoms with Crippen LogP contribution in [-0.2, 0) is 0 Å². The lowest BCUT2D eigenvalue weighted by molar-refractivity contribution is 1.29. The Bertz CT molecular complexity index is 3210. The fourth-order valence-corrected chi connectivity index (χ4v) is 9.51. The van der Waals surface area contributed by atoms with Crippen LogP contribution >= 0.6 is 11.3 Å². The highest BCUT2D eigenvalue weighted by Crippen LogP contribution is 2.43. The maximum Gasteiger partial charge on any atom is 0.0468 e. The molecule has 0 saturated heterocycles. The van der Waals surface area contributed by atoms with Gasteiger partial charge in [0, 0.05) is 37.2 Å². The van der Waals surface area contributed by atoms with E-state index in [2.05, 4.69) is 205 Å². The first-order valence-corrected chi connectivity index (χ1v) is 19.3. The van der Waals surface area contributed by atoms with Crippen LogP contribution in [0.2, 0.25) is 0 Å². The minimum absolute atomic E-state index is 1.11. The van der Waals surface area contributed by atoms with Gasteiger partial charge in [-0.2, -0.15) is 0 Å². The number of hydrogen-bond acceptors (Lipinski definition) is 2. The summed E-state index contributed by atoms with van der Waals surface area (Å²) in [6.07, 6.45) is 0. The molecule has 0 unspecified atom stereocenters. The second kappa shape index (κ2) is 12.4. The molecule has 54 heavy (non-hydrogen) atoms. The maximum absolute atomic E-state index is 2.39. The molecule has 0 bridgehead atoms. The van der Waals surface area contributed by atoms with Gasteiger partial charge in [-0.3, -0.25) is 0 Å². The van der Waals surface area contributed by atoms with E-state index in [1.807, 2.05) is 11.3 Å². The Kier molecular flexibility index (Phi) is 7.11. The van der Waals surface area contributed by atoms with Gasteiger partial charge in [0.2, 0.25) is 0 Å². The first-order valence-electron chi connectivity index (χ1n) is 18.5. The zero-order chi connectivity index (χ0) is 35.6. The summed E-state index contributed by atoms with van der Waals surface area (Å²) in [6.45, 7) is 0. The van der Waals surface area contributed by atoms with Crippen LogP contribution in [0, 0.1) is 0 Å².